The number of aromatic nitrogens is 2. The van der Waals surface area contributed by atoms with E-state index in [0.717, 1.165) is 34.1 Å². The van der Waals surface area contributed by atoms with Crippen molar-refractivity contribution in [2.24, 2.45) is 9.98 Å². The van der Waals surface area contributed by atoms with Crippen LogP contribution in [0, 0.1) is 17.0 Å². The Hall–Kier alpha value is -5.71. The predicted octanol–water partition coefficient (Wildman–Crippen LogP) is 6.49. The van der Waals surface area contributed by atoms with Crippen molar-refractivity contribution in [1.29, 1.82) is 0 Å². The van der Waals surface area contributed by atoms with Crippen LogP contribution in [0.3, 0.4) is 0 Å². The summed E-state index contributed by atoms with van der Waals surface area (Å²) in [5.74, 6) is 2.40. The Labute approximate surface area is 234 Å². The molecular formula is C30H23N7O4. The van der Waals surface area contributed by atoms with Gasteiger partial charge in [0.15, 0.2) is 17.5 Å². The summed E-state index contributed by atoms with van der Waals surface area (Å²) >= 11 is 0. The fourth-order valence-corrected chi connectivity index (χ4v) is 5.21. The van der Waals surface area contributed by atoms with E-state index >= 15 is 0 Å². The van der Waals surface area contributed by atoms with Crippen LogP contribution in [0.2, 0.25) is 0 Å². The summed E-state index contributed by atoms with van der Waals surface area (Å²) in [7, 11) is 1.62. The Morgan fingerprint density at radius 3 is 2.44 bits per heavy atom. The van der Waals surface area contributed by atoms with Crippen LogP contribution in [0.1, 0.15) is 23.1 Å². The molecule has 11 heteroatoms. The lowest BCUT2D eigenvalue weighted by molar-refractivity contribution is -0.402. The SMILES string of the molecule is COc1ccc(NC2=Nc3ccccc3N3C2=Nc2c(c(C)nn2-c2ccccc2)C3c2ccc([N+](=O)[O-])o2)cc1. The molecule has 2 aromatic heterocycles. The fourth-order valence-electron chi connectivity index (χ4n) is 5.21. The van der Waals surface area contributed by atoms with Crippen LogP contribution >= 0.6 is 0 Å². The van der Waals surface area contributed by atoms with Crippen LogP contribution in [0.25, 0.3) is 5.69 Å². The first-order valence-corrected chi connectivity index (χ1v) is 12.9. The lowest BCUT2D eigenvalue weighted by Gasteiger charge is -2.39. The van der Waals surface area contributed by atoms with E-state index in [4.69, 9.17) is 24.2 Å². The molecule has 1 atom stereocenters. The number of hydrogen-bond donors (Lipinski definition) is 1. The van der Waals surface area contributed by atoms with Crippen molar-refractivity contribution in [3.63, 3.8) is 0 Å². The number of methoxy groups -OCH3 is 1. The van der Waals surface area contributed by atoms with E-state index in [1.54, 1.807) is 17.9 Å². The highest BCUT2D eigenvalue weighted by atomic mass is 16.6. The smallest absolute Gasteiger partial charge is 0.433 e. The first-order valence-electron chi connectivity index (χ1n) is 12.9. The Kier molecular flexibility index (Phi) is 5.63. The van der Waals surface area contributed by atoms with Crippen molar-refractivity contribution in [2.45, 2.75) is 13.0 Å². The number of anilines is 2. The number of furan rings is 1. The third kappa shape index (κ3) is 4.02. The molecule has 7 rings (SSSR count). The maximum atomic E-state index is 11.6. The molecule has 0 aliphatic carbocycles. The lowest BCUT2D eigenvalue weighted by Crippen LogP contribution is -2.46. The Morgan fingerprint density at radius 2 is 1.71 bits per heavy atom. The van der Waals surface area contributed by atoms with Crippen molar-refractivity contribution >= 4 is 40.4 Å². The van der Waals surface area contributed by atoms with E-state index in [0.29, 0.717) is 28.9 Å². The Bertz CT molecular complexity index is 1860. The Morgan fingerprint density at radius 1 is 0.951 bits per heavy atom. The number of benzene rings is 3. The highest BCUT2D eigenvalue weighted by molar-refractivity contribution is 6.51. The molecule has 5 aromatic rings. The minimum atomic E-state index is -0.604. The molecule has 0 radical (unpaired) electrons. The molecule has 3 aromatic carbocycles. The van der Waals surface area contributed by atoms with Gasteiger partial charge < -0.3 is 19.4 Å². The van der Waals surface area contributed by atoms with Crippen LogP contribution in [-0.4, -0.2) is 33.5 Å². The van der Waals surface area contributed by atoms with E-state index in [1.165, 1.54) is 6.07 Å². The number of ether oxygens (including phenoxy) is 1. The van der Waals surface area contributed by atoms with E-state index < -0.39 is 11.0 Å². The van der Waals surface area contributed by atoms with Crippen molar-refractivity contribution in [1.82, 2.24) is 9.78 Å². The molecule has 2 aliphatic heterocycles. The highest BCUT2D eigenvalue weighted by Crippen LogP contribution is 2.48. The zero-order valence-electron chi connectivity index (χ0n) is 22.1. The van der Waals surface area contributed by atoms with Gasteiger partial charge in [-0.25, -0.2) is 14.7 Å². The van der Waals surface area contributed by atoms with Crippen LogP contribution < -0.4 is 15.0 Å². The molecule has 11 nitrogen and oxygen atoms in total. The summed E-state index contributed by atoms with van der Waals surface area (Å²) in [5.41, 5.74) is 4.62. The molecule has 0 saturated heterocycles. The largest absolute Gasteiger partial charge is 0.497 e. The van der Waals surface area contributed by atoms with Gasteiger partial charge in [-0.15, -0.1) is 0 Å². The van der Waals surface area contributed by atoms with Gasteiger partial charge in [-0.2, -0.15) is 5.10 Å². The number of para-hydroxylation sites is 3. The number of amidine groups is 2. The fraction of sp³-hybridized carbons (Fsp3) is 0.100. The highest BCUT2D eigenvalue weighted by Gasteiger charge is 2.43. The minimum Gasteiger partial charge on any atom is -0.497 e. The van der Waals surface area contributed by atoms with Gasteiger partial charge in [0.05, 0.1) is 41.5 Å². The van der Waals surface area contributed by atoms with Crippen molar-refractivity contribution in [3.05, 3.63) is 118 Å². The second-order valence-electron chi connectivity index (χ2n) is 9.51. The van der Waals surface area contributed by atoms with E-state index in [9.17, 15) is 10.1 Å². The number of nitrogens with one attached hydrogen (secondary N) is 1. The molecule has 0 fully saturated rings. The zero-order valence-corrected chi connectivity index (χ0v) is 22.1. The Balaban J connectivity index is 1.47. The van der Waals surface area contributed by atoms with Gasteiger partial charge in [-0.05, 0) is 61.5 Å². The second kappa shape index (κ2) is 9.49. The quantitative estimate of drug-likeness (QED) is 0.198. The standard InChI is InChI=1S/C30H23N7O4/c1-18-26-27(24-16-17-25(41-24)37(38)39)35-23-11-7-6-10-22(23)32-28(31-19-12-14-21(40-2)15-13-19)30(35)33-29(26)36(34-18)20-8-4-3-5-9-20/h3-17,27H,1-2H3,(H,31,32). The molecule has 4 heterocycles. The number of aryl methyl sites for hydroxylation is 1. The van der Waals surface area contributed by atoms with Crippen LogP contribution in [-0.2, 0) is 0 Å². The lowest BCUT2D eigenvalue weighted by atomic mass is 9.98. The van der Waals surface area contributed by atoms with E-state index in [-0.39, 0.29) is 5.88 Å². The minimum absolute atomic E-state index is 0.339. The summed E-state index contributed by atoms with van der Waals surface area (Å²) in [6, 6.07) is 27.3. The van der Waals surface area contributed by atoms with Crippen LogP contribution in [0.4, 0.5) is 28.8 Å². The third-order valence-corrected chi connectivity index (χ3v) is 7.05. The zero-order chi connectivity index (χ0) is 28.1. The average Bonchev–Trinajstić information content (AvgIpc) is 3.62. The summed E-state index contributed by atoms with van der Waals surface area (Å²) in [5, 5.41) is 19.9. The number of nitro groups is 1. The molecule has 0 saturated carbocycles. The molecular weight excluding hydrogens is 522 g/mol. The van der Waals surface area contributed by atoms with E-state index in [1.807, 2.05) is 90.7 Å². The van der Waals surface area contributed by atoms with Crippen molar-refractivity contribution in [3.8, 4) is 11.4 Å². The number of aliphatic imine (C=N–C) groups is 2. The van der Waals surface area contributed by atoms with Crippen LogP contribution in [0.5, 0.6) is 5.75 Å². The van der Waals surface area contributed by atoms with Crippen molar-refractivity contribution in [2.75, 3.05) is 17.3 Å². The maximum absolute atomic E-state index is 11.6. The number of nitrogens with zero attached hydrogens (tertiary/aromatic N) is 6. The van der Waals surface area contributed by atoms with Gasteiger partial charge in [0.1, 0.15) is 22.5 Å². The van der Waals surface area contributed by atoms with Crippen molar-refractivity contribution < 1.29 is 14.1 Å². The first-order chi connectivity index (χ1) is 20.0. The first kappa shape index (κ1) is 24.3. The molecule has 0 spiro atoms. The van der Waals surface area contributed by atoms with Gasteiger partial charge >= 0.3 is 5.88 Å². The summed E-state index contributed by atoms with van der Waals surface area (Å²) in [6.45, 7) is 1.91. The summed E-state index contributed by atoms with van der Waals surface area (Å²) in [4.78, 5) is 23.2. The van der Waals surface area contributed by atoms with E-state index in [2.05, 4.69) is 5.32 Å². The topological polar surface area (TPSA) is 123 Å². The molecule has 2 aliphatic rings. The van der Waals surface area contributed by atoms with Gasteiger partial charge in [0, 0.05) is 5.69 Å². The molecule has 41 heavy (non-hydrogen) atoms. The number of fused-ring (bicyclic) bond motifs is 4. The average molecular weight is 546 g/mol. The second-order valence-corrected chi connectivity index (χ2v) is 9.51. The number of rotatable bonds is 5. The van der Waals surface area contributed by atoms with Gasteiger partial charge in [0.2, 0.25) is 0 Å². The molecule has 0 amide bonds. The summed E-state index contributed by atoms with van der Waals surface area (Å²) in [6.07, 6.45) is 0. The van der Waals surface area contributed by atoms with Gasteiger partial charge in [-0.3, -0.25) is 10.1 Å². The third-order valence-electron chi connectivity index (χ3n) is 7.05. The molecule has 0 bridgehead atoms. The predicted molar refractivity (Wildman–Crippen MR) is 155 cm³/mol. The van der Waals surface area contributed by atoms with Gasteiger partial charge in [0.25, 0.3) is 0 Å². The van der Waals surface area contributed by atoms with Crippen LogP contribution in [0.15, 0.2) is 105 Å². The summed E-state index contributed by atoms with van der Waals surface area (Å²) < 4.78 is 12.9. The molecule has 1 unspecified atom stereocenters. The normalized spacial score (nSPS) is 15.3. The number of hydrogen-bond acceptors (Lipinski definition) is 9. The monoisotopic (exact) mass is 545 g/mol. The molecule has 202 valence electrons. The van der Waals surface area contributed by atoms with Gasteiger partial charge in [-0.1, -0.05) is 30.3 Å². The maximum Gasteiger partial charge on any atom is 0.433 e. The molecule has 1 N–H and O–H groups in total.